The lowest BCUT2D eigenvalue weighted by atomic mass is 10.2. The molecule has 0 spiro atoms. The van der Waals surface area contributed by atoms with Gasteiger partial charge in [0.25, 0.3) is 0 Å². The van der Waals surface area contributed by atoms with E-state index in [-0.39, 0.29) is 6.04 Å². The molecule has 78 valence electrons. The minimum Gasteiger partial charge on any atom is -0.212 e. The lowest BCUT2D eigenvalue weighted by molar-refractivity contribution is 0.379. The fraction of sp³-hybridized carbons (Fsp3) is 1.00. The highest BCUT2D eigenvalue weighted by Crippen LogP contribution is 2.23. The van der Waals surface area contributed by atoms with Crippen LogP contribution in [0.1, 0.15) is 39.5 Å². The Balaban J connectivity index is 2.69. The molecule has 1 heterocycles. The largest absolute Gasteiger partial charge is 0.214 e. The first-order valence-corrected chi connectivity index (χ1v) is 6.72. The summed E-state index contributed by atoms with van der Waals surface area (Å²) in [6.45, 7) is 4.71. The maximum atomic E-state index is 11.7. The molecule has 1 aliphatic heterocycles. The van der Waals surface area contributed by atoms with Crippen LogP contribution in [0.4, 0.5) is 0 Å². The summed E-state index contributed by atoms with van der Waals surface area (Å²) in [6, 6.07) is 0.275. The zero-order chi connectivity index (χ0) is 9.90. The maximum absolute atomic E-state index is 11.7. The first-order valence-electron chi connectivity index (χ1n) is 5.11. The van der Waals surface area contributed by atoms with E-state index < -0.39 is 10.0 Å². The van der Waals surface area contributed by atoms with Crippen molar-refractivity contribution < 1.29 is 8.42 Å². The smallest absolute Gasteiger partial charge is 0.212 e. The van der Waals surface area contributed by atoms with E-state index in [4.69, 9.17) is 0 Å². The predicted octanol–water partition coefficient (Wildman–Crippen LogP) is 1.60. The van der Waals surface area contributed by atoms with Gasteiger partial charge in [-0.1, -0.05) is 13.8 Å². The highest BCUT2D eigenvalue weighted by atomic mass is 32.2. The third-order valence-electron chi connectivity index (χ3n) is 2.61. The summed E-state index contributed by atoms with van der Waals surface area (Å²) in [4.78, 5) is 0. The summed E-state index contributed by atoms with van der Waals surface area (Å²) in [6.07, 6.45) is 3.74. The van der Waals surface area contributed by atoms with E-state index in [9.17, 15) is 8.42 Å². The standard InChI is InChI=1S/C9H19NO2S/c1-3-8-13(11,12)10-7-5-6-9(10)4-2/h9H,3-8H2,1-2H3. The van der Waals surface area contributed by atoms with Gasteiger partial charge in [-0.25, -0.2) is 8.42 Å². The van der Waals surface area contributed by atoms with E-state index in [0.717, 1.165) is 32.2 Å². The van der Waals surface area contributed by atoms with Crippen molar-refractivity contribution in [2.45, 2.75) is 45.6 Å². The zero-order valence-corrected chi connectivity index (χ0v) is 9.31. The summed E-state index contributed by atoms with van der Waals surface area (Å²) in [5, 5.41) is 0. The molecule has 1 fully saturated rings. The topological polar surface area (TPSA) is 37.4 Å². The van der Waals surface area contributed by atoms with Gasteiger partial charge in [-0.2, -0.15) is 4.31 Å². The van der Waals surface area contributed by atoms with Crippen LogP contribution in [0.2, 0.25) is 0 Å². The normalized spacial score (nSPS) is 25.2. The molecule has 1 saturated heterocycles. The van der Waals surface area contributed by atoms with Crippen LogP contribution in [0.5, 0.6) is 0 Å². The quantitative estimate of drug-likeness (QED) is 0.699. The highest BCUT2D eigenvalue weighted by Gasteiger charge is 2.31. The van der Waals surface area contributed by atoms with Crippen LogP contribution in [0.15, 0.2) is 0 Å². The second kappa shape index (κ2) is 4.42. The van der Waals surface area contributed by atoms with Crippen molar-refractivity contribution >= 4 is 10.0 Å². The van der Waals surface area contributed by atoms with Gasteiger partial charge in [0, 0.05) is 12.6 Å². The highest BCUT2D eigenvalue weighted by molar-refractivity contribution is 7.89. The summed E-state index contributed by atoms with van der Waals surface area (Å²) >= 11 is 0. The molecule has 0 saturated carbocycles. The monoisotopic (exact) mass is 205 g/mol. The number of rotatable bonds is 4. The maximum Gasteiger partial charge on any atom is 0.214 e. The number of hydrogen-bond donors (Lipinski definition) is 0. The molecule has 0 aromatic heterocycles. The molecule has 1 aliphatic rings. The third kappa shape index (κ3) is 2.44. The molecule has 4 heteroatoms. The van der Waals surface area contributed by atoms with Gasteiger partial charge in [0.15, 0.2) is 0 Å². The first kappa shape index (κ1) is 11.0. The molecule has 0 N–H and O–H groups in total. The van der Waals surface area contributed by atoms with Crippen molar-refractivity contribution in [1.82, 2.24) is 4.31 Å². The van der Waals surface area contributed by atoms with Crippen LogP contribution in [0.3, 0.4) is 0 Å². The van der Waals surface area contributed by atoms with Gasteiger partial charge >= 0.3 is 0 Å². The molecule has 1 rings (SSSR count). The molecule has 0 aromatic carbocycles. The minimum absolute atomic E-state index is 0.275. The predicted molar refractivity (Wildman–Crippen MR) is 54.1 cm³/mol. The number of hydrogen-bond acceptors (Lipinski definition) is 2. The van der Waals surface area contributed by atoms with Gasteiger partial charge < -0.3 is 0 Å². The Bertz CT molecular complexity index is 248. The van der Waals surface area contributed by atoms with E-state index in [1.54, 1.807) is 4.31 Å². The summed E-state index contributed by atoms with van der Waals surface area (Å²) < 4.78 is 25.2. The molecular weight excluding hydrogens is 186 g/mol. The van der Waals surface area contributed by atoms with E-state index in [2.05, 4.69) is 6.92 Å². The van der Waals surface area contributed by atoms with Crippen LogP contribution in [-0.4, -0.2) is 31.1 Å². The Morgan fingerprint density at radius 1 is 1.38 bits per heavy atom. The fourth-order valence-electron chi connectivity index (χ4n) is 1.96. The molecule has 3 nitrogen and oxygen atoms in total. The Kier molecular flexibility index (Phi) is 3.74. The number of nitrogens with zero attached hydrogens (tertiary/aromatic N) is 1. The van der Waals surface area contributed by atoms with E-state index in [0.29, 0.717) is 5.75 Å². The average molecular weight is 205 g/mol. The summed E-state index contributed by atoms with van der Waals surface area (Å²) in [7, 11) is -2.94. The molecule has 1 unspecified atom stereocenters. The second-order valence-corrected chi connectivity index (χ2v) is 5.67. The van der Waals surface area contributed by atoms with Crippen LogP contribution < -0.4 is 0 Å². The lowest BCUT2D eigenvalue weighted by Gasteiger charge is -2.22. The van der Waals surface area contributed by atoms with Crippen molar-refractivity contribution in [1.29, 1.82) is 0 Å². The van der Waals surface area contributed by atoms with Gasteiger partial charge in [0.1, 0.15) is 0 Å². The van der Waals surface area contributed by atoms with Crippen molar-refractivity contribution in [3.63, 3.8) is 0 Å². The van der Waals surface area contributed by atoms with Crippen molar-refractivity contribution in [2.24, 2.45) is 0 Å². The molecule has 0 radical (unpaired) electrons. The Hall–Kier alpha value is -0.0900. The molecule has 1 atom stereocenters. The van der Waals surface area contributed by atoms with Crippen LogP contribution >= 0.6 is 0 Å². The molecule has 0 bridgehead atoms. The van der Waals surface area contributed by atoms with Gasteiger partial charge in [-0.15, -0.1) is 0 Å². The lowest BCUT2D eigenvalue weighted by Crippen LogP contribution is -2.36. The van der Waals surface area contributed by atoms with Crippen molar-refractivity contribution in [3.8, 4) is 0 Å². The molecule has 13 heavy (non-hydrogen) atoms. The van der Waals surface area contributed by atoms with Crippen molar-refractivity contribution in [2.75, 3.05) is 12.3 Å². The van der Waals surface area contributed by atoms with Crippen molar-refractivity contribution in [3.05, 3.63) is 0 Å². The van der Waals surface area contributed by atoms with E-state index in [1.165, 1.54) is 0 Å². The van der Waals surface area contributed by atoms with Crippen LogP contribution in [0.25, 0.3) is 0 Å². The zero-order valence-electron chi connectivity index (χ0n) is 8.49. The van der Waals surface area contributed by atoms with E-state index >= 15 is 0 Å². The Labute approximate surface area is 81.2 Å². The van der Waals surface area contributed by atoms with Gasteiger partial charge in [-0.05, 0) is 25.7 Å². The molecular formula is C9H19NO2S. The van der Waals surface area contributed by atoms with Gasteiger partial charge in [0.05, 0.1) is 5.75 Å². The minimum atomic E-state index is -2.94. The van der Waals surface area contributed by atoms with Crippen LogP contribution in [-0.2, 0) is 10.0 Å². The summed E-state index contributed by atoms with van der Waals surface area (Å²) in [5.41, 5.74) is 0. The Morgan fingerprint density at radius 3 is 2.62 bits per heavy atom. The molecule has 0 aromatic rings. The average Bonchev–Trinajstić information content (AvgIpc) is 2.51. The molecule has 0 amide bonds. The van der Waals surface area contributed by atoms with Gasteiger partial charge in [-0.3, -0.25) is 0 Å². The molecule has 0 aliphatic carbocycles. The second-order valence-electron chi connectivity index (χ2n) is 3.63. The number of sulfonamides is 1. The first-order chi connectivity index (χ1) is 6.11. The summed E-state index contributed by atoms with van der Waals surface area (Å²) in [5.74, 6) is 0.309. The van der Waals surface area contributed by atoms with Crippen LogP contribution in [0, 0.1) is 0 Å². The fourth-order valence-corrected chi connectivity index (χ4v) is 3.82. The SMILES string of the molecule is CCCS(=O)(=O)N1CCCC1CC. The Morgan fingerprint density at radius 2 is 2.08 bits per heavy atom. The van der Waals surface area contributed by atoms with E-state index in [1.807, 2.05) is 6.92 Å². The van der Waals surface area contributed by atoms with Gasteiger partial charge in [0.2, 0.25) is 10.0 Å². The third-order valence-corrected chi connectivity index (χ3v) is 4.73.